The molecule has 0 aromatic heterocycles. The zero-order chi connectivity index (χ0) is 14.6. The molecule has 0 N–H and O–H groups in total. The molecule has 0 spiro atoms. The third-order valence-electron chi connectivity index (χ3n) is 3.06. The predicted octanol–water partition coefficient (Wildman–Crippen LogP) is 3.14. The first-order valence-corrected chi connectivity index (χ1v) is 7.62. The van der Waals surface area contributed by atoms with Gasteiger partial charge in [-0.25, -0.2) is 0 Å². The Balaban J connectivity index is 2.04. The molecule has 1 aromatic carbocycles. The highest BCUT2D eigenvalue weighted by Crippen LogP contribution is 2.36. The van der Waals surface area contributed by atoms with Gasteiger partial charge in [-0.05, 0) is 32.0 Å². The van der Waals surface area contributed by atoms with Crippen LogP contribution in [0.4, 0.5) is 0 Å². The Morgan fingerprint density at radius 3 is 2.70 bits per heavy atom. The smallest absolute Gasteiger partial charge is 0.312 e. The highest BCUT2D eigenvalue weighted by atomic mass is 32.2. The van der Waals surface area contributed by atoms with Crippen LogP contribution in [-0.4, -0.2) is 32.0 Å². The van der Waals surface area contributed by atoms with Crippen LogP contribution in [0, 0.1) is 5.41 Å². The monoisotopic (exact) mass is 296 g/mol. The fourth-order valence-corrected chi connectivity index (χ4v) is 2.83. The quantitative estimate of drug-likeness (QED) is 0.631. The molecule has 1 aliphatic heterocycles. The Morgan fingerprint density at radius 1 is 1.30 bits per heavy atom. The molecule has 0 unspecified atom stereocenters. The minimum Gasteiger partial charge on any atom is -0.490 e. The Bertz CT molecular complexity index is 485. The number of thioether (sulfide) groups is 1. The topological polar surface area (TPSA) is 44.8 Å². The second kappa shape index (κ2) is 6.39. The van der Waals surface area contributed by atoms with Crippen molar-refractivity contribution >= 4 is 17.7 Å². The number of ether oxygens (including phenoxy) is 3. The van der Waals surface area contributed by atoms with Crippen molar-refractivity contribution in [3.05, 3.63) is 18.2 Å². The van der Waals surface area contributed by atoms with E-state index in [9.17, 15) is 4.79 Å². The summed E-state index contributed by atoms with van der Waals surface area (Å²) in [5, 5.41) is 0. The third kappa shape index (κ3) is 3.60. The van der Waals surface area contributed by atoms with Gasteiger partial charge in [0.05, 0.1) is 25.7 Å². The highest BCUT2D eigenvalue weighted by Gasteiger charge is 2.28. The van der Waals surface area contributed by atoms with Crippen LogP contribution in [-0.2, 0) is 9.53 Å². The first-order chi connectivity index (χ1) is 9.53. The molecule has 20 heavy (non-hydrogen) atoms. The van der Waals surface area contributed by atoms with Crippen molar-refractivity contribution < 1.29 is 19.0 Å². The van der Waals surface area contributed by atoms with Crippen molar-refractivity contribution in [2.24, 2.45) is 5.41 Å². The molecule has 0 bridgehead atoms. The SMILES string of the molecule is COC(=O)C(C)(C)CSc1ccc2c(c1)OCCCO2. The van der Waals surface area contributed by atoms with Gasteiger partial charge in [0.25, 0.3) is 0 Å². The molecule has 0 saturated carbocycles. The van der Waals surface area contributed by atoms with Gasteiger partial charge in [-0.2, -0.15) is 0 Å². The lowest BCUT2D eigenvalue weighted by Gasteiger charge is -2.20. The number of esters is 1. The average molecular weight is 296 g/mol. The van der Waals surface area contributed by atoms with Gasteiger partial charge in [-0.3, -0.25) is 4.79 Å². The number of carbonyl (C=O) groups is 1. The number of rotatable bonds is 4. The van der Waals surface area contributed by atoms with Crippen molar-refractivity contribution in [3.8, 4) is 11.5 Å². The van der Waals surface area contributed by atoms with E-state index in [1.807, 2.05) is 32.0 Å². The molecule has 1 heterocycles. The van der Waals surface area contributed by atoms with Gasteiger partial charge in [-0.15, -0.1) is 11.8 Å². The lowest BCUT2D eigenvalue weighted by atomic mass is 9.97. The van der Waals surface area contributed by atoms with Crippen LogP contribution in [0.1, 0.15) is 20.3 Å². The second-order valence-corrected chi connectivity index (χ2v) is 6.37. The van der Waals surface area contributed by atoms with E-state index in [2.05, 4.69) is 0 Å². The van der Waals surface area contributed by atoms with Crippen molar-refractivity contribution in [1.29, 1.82) is 0 Å². The maximum atomic E-state index is 11.7. The van der Waals surface area contributed by atoms with Gasteiger partial charge in [0.15, 0.2) is 11.5 Å². The summed E-state index contributed by atoms with van der Waals surface area (Å²) in [4.78, 5) is 12.7. The van der Waals surface area contributed by atoms with Crippen LogP contribution in [0.2, 0.25) is 0 Å². The molecule has 110 valence electrons. The first-order valence-electron chi connectivity index (χ1n) is 6.64. The zero-order valence-electron chi connectivity index (χ0n) is 12.1. The summed E-state index contributed by atoms with van der Waals surface area (Å²) >= 11 is 1.61. The fourth-order valence-electron chi connectivity index (χ4n) is 1.83. The minimum atomic E-state index is -0.510. The number of methoxy groups -OCH3 is 1. The molecule has 0 fully saturated rings. The van der Waals surface area contributed by atoms with Gasteiger partial charge in [0.2, 0.25) is 0 Å². The Labute approximate surface area is 123 Å². The fraction of sp³-hybridized carbons (Fsp3) is 0.533. The summed E-state index contributed by atoms with van der Waals surface area (Å²) in [6.07, 6.45) is 0.895. The van der Waals surface area contributed by atoms with E-state index < -0.39 is 5.41 Å². The van der Waals surface area contributed by atoms with E-state index >= 15 is 0 Å². The van der Waals surface area contributed by atoms with Crippen molar-refractivity contribution in [3.63, 3.8) is 0 Å². The summed E-state index contributed by atoms with van der Waals surface area (Å²) in [5.74, 6) is 2.03. The Kier molecular flexibility index (Phi) is 4.81. The van der Waals surface area contributed by atoms with Crippen LogP contribution >= 0.6 is 11.8 Å². The molecule has 0 saturated heterocycles. The summed E-state index contributed by atoms with van der Waals surface area (Å²) in [6, 6.07) is 5.89. The van der Waals surface area contributed by atoms with E-state index in [4.69, 9.17) is 14.2 Å². The van der Waals surface area contributed by atoms with Gasteiger partial charge >= 0.3 is 5.97 Å². The largest absolute Gasteiger partial charge is 0.490 e. The van der Waals surface area contributed by atoms with E-state index in [0.717, 1.165) is 22.8 Å². The van der Waals surface area contributed by atoms with Gasteiger partial charge in [0.1, 0.15) is 0 Å². The average Bonchev–Trinajstić information content (AvgIpc) is 2.68. The minimum absolute atomic E-state index is 0.195. The molecule has 0 radical (unpaired) electrons. The number of benzene rings is 1. The molecule has 0 aliphatic carbocycles. The van der Waals surface area contributed by atoms with Crippen LogP contribution in [0.3, 0.4) is 0 Å². The van der Waals surface area contributed by atoms with Gasteiger partial charge in [0, 0.05) is 17.1 Å². The number of fused-ring (bicyclic) bond motifs is 1. The van der Waals surface area contributed by atoms with E-state index in [1.54, 1.807) is 11.8 Å². The van der Waals surface area contributed by atoms with E-state index in [-0.39, 0.29) is 5.97 Å². The molecule has 4 nitrogen and oxygen atoms in total. The number of hydrogen-bond acceptors (Lipinski definition) is 5. The summed E-state index contributed by atoms with van der Waals surface area (Å²) in [7, 11) is 1.42. The molecule has 1 aromatic rings. The van der Waals surface area contributed by atoms with Crippen LogP contribution in [0.25, 0.3) is 0 Å². The predicted molar refractivity (Wildman–Crippen MR) is 78.6 cm³/mol. The molecule has 2 rings (SSSR count). The van der Waals surface area contributed by atoms with Gasteiger partial charge in [-0.1, -0.05) is 0 Å². The Morgan fingerprint density at radius 2 is 2.00 bits per heavy atom. The van der Waals surface area contributed by atoms with Crippen LogP contribution in [0.15, 0.2) is 23.1 Å². The zero-order valence-corrected chi connectivity index (χ0v) is 12.9. The summed E-state index contributed by atoms with van der Waals surface area (Å²) < 4.78 is 16.1. The normalized spacial score (nSPS) is 14.6. The standard InChI is InChI=1S/C15H20O4S/c1-15(2,14(16)17-3)10-20-11-5-6-12-13(9-11)19-8-4-7-18-12/h5-6,9H,4,7-8,10H2,1-3H3. The molecule has 0 atom stereocenters. The lowest BCUT2D eigenvalue weighted by molar-refractivity contribution is -0.149. The molecule has 5 heteroatoms. The molecule has 1 aliphatic rings. The van der Waals surface area contributed by atoms with E-state index in [0.29, 0.717) is 19.0 Å². The van der Waals surface area contributed by atoms with E-state index in [1.165, 1.54) is 7.11 Å². The Hall–Kier alpha value is -1.36. The molecular formula is C15H20O4S. The van der Waals surface area contributed by atoms with Crippen LogP contribution in [0.5, 0.6) is 11.5 Å². The second-order valence-electron chi connectivity index (χ2n) is 5.32. The lowest BCUT2D eigenvalue weighted by Crippen LogP contribution is -2.28. The summed E-state index contributed by atoms with van der Waals surface area (Å²) in [5.41, 5.74) is -0.510. The van der Waals surface area contributed by atoms with Crippen molar-refractivity contribution in [1.82, 2.24) is 0 Å². The van der Waals surface area contributed by atoms with Gasteiger partial charge < -0.3 is 14.2 Å². The summed E-state index contributed by atoms with van der Waals surface area (Å²) in [6.45, 7) is 5.13. The number of carbonyl (C=O) groups excluding carboxylic acids is 1. The first kappa shape index (κ1) is 15.0. The maximum absolute atomic E-state index is 11.7. The van der Waals surface area contributed by atoms with Crippen LogP contribution < -0.4 is 9.47 Å². The van der Waals surface area contributed by atoms with Crippen molar-refractivity contribution in [2.45, 2.75) is 25.2 Å². The maximum Gasteiger partial charge on any atom is 0.312 e. The molecule has 0 amide bonds. The number of hydrogen-bond donors (Lipinski definition) is 0. The third-order valence-corrected chi connectivity index (χ3v) is 4.51. The molecular weight excluding hydrogens is 276 g/mol. The highest BCUT2D eigenvalue weighted by molar-refractivity contribution is 7.99. The van der Waals surface area contributed by atoms with Crippen molar-refractivity contribution in [2.75, 3.05) is 26.1 Å².